The first-order valence-electron chi connectivity index (χ1n) is 23.1. The van der Waals surface area contributed by atoms with Crippen molar-refractivity contribution in [1.82, 2.24) is 9.97 Å². The Bertz CT molecular complexity index is 2880. The Labute approximate surface area is 348 Å². The van der Waals surface area contributed by atoms with Gasteiger partial charge in [-0.1, -0.05) is 102 Å². The molecule has 0 aliphatic heterocycles. The van der Waals surface area contributed by atoms with Crippen molar-refractivity contribution in [3.8, 4) is 33.5 Å². The summed E-state index contributed by atoms with van der Waals surface area (Å²) in [6, 6.07) is 29.2. The summed E-state index contributed by atoms with van der Waals surface area (Å²) in [5.74, 6) is 0. The number of aromatic nitrogens is 2. The third-order valence-electron chi connectivity index (χ3n) is 8.30. The summed E-state index contributed by atoms with van der Waals surface area (Å²) < 4.78 is 152. The van der Waals surface area contributed by atoms with Gasteiger partial charge in [-0.2, -0.15) is 49.1 Å². The predicted octanol–water partition coefficient (Wildman–Crippen LogP) is 13.1. The molecular formula is C47H44F3IrN2O. The van der Waals surface area contributed by atoms with E-state index in [0.29, 0.717) is 53.0 Å². The number of benzene rings is 4. The van der Waals surface area contributed by atoms with Crippen molar-refractivity contribution in [3.63, 3.8) is 0 Å². The summed E-state index contributed by atoms with van der Waals surface area (Å²) in [6.07, 6.45) is -5.28. The minimum absolute atomic E-state index is 0. The number of nitrogens with zero attached hydrogens (tertiary/aromatic N) is 2. The number of rotatable bonds is 6. The maximum absolute atomic E-state index is 13.8. The molecule has 0 bridgehead atoms. The Morgan fingerprint density at radius 3 is 2.20 bits per heavy atom. The zero-order valence-corrected chi connectivity index (χ0v) is 32.4. The van der Waals surface area contributed by atoms with Gasteiger partial charge in [-0.05, 0) is 70.9 Å². The number of fused-ring (bicyclic) bond motifs is 3. The number of para-hydroxylation sites is 1. The van der Waals surface area contributed by atoms with Crippen LogP contribution in [0.5, 0.6) is 0 Å². The molecule has 7 rings (SSSR count). The molecule has 0 saturated carbocycles. The van der Waals surface area contributed by atoms with E-state index in [1.54, 1.807) is 30.3 Å². The molecule has 54 heavy (non-hydrogen) atoms. The largest absolute Gasteiger partial charge is 3.00 e. The molecule has 4 aromatic carbocycles. The molecule has 0 radical (unpaired) electrons. The first-order chi connectivity index (χ1) is 30.2. The molecule has 0 fully saturated rings. The standard InChI is InChI=1S/C31H25F3O.C16H19N2.Ir/c1-19-12-14-22(24-9-7-10-26-25-8-5-6-11-28(25)35-29(24)26)17-27(19)23-15-13-21(16-20(23)2)18-30(3,4)31(32,33)34;1-12-5-7-14(11-17-12)15-8-6-13(10-18-15)9-16(2,3)4;/h5-8,10-13,15-17H,18H2,1-4H3;5-8,10H,9H2,1-4H3;/q-2;-1;+3/i1D3,2D3,18D2;1D3,9D2;. The van der Waals surface area contributed by atoms with E-state index in [4.69, 9.17) is 22.2 Å². The van der Waals surface area contributed by atoms with Gasteiger partial charge in [0.15, 0.2) is 0 Å². The summed E-state index contributed by atoms with van der Waals surface area (Å²) in [6.45, 7) is -0.967. The second-order valence-corrected chi connectivity index (χ2v) is 14.0. The fourth-order valence-electron chi connectivity index (χ4n) is 5.60. The van der Waals surface area contributed by atoms with Crippen LogP contribution < -0.4 is 0 Å². The number of furan rings is 1. The van der Waals surface area contributed by atoms with E-state index < -0.39 is 61.4 Å². The van der Waals surface area contributed by atoms with Crippen LogP contribution in [0.2, 0.25) is 0 Å². The third kappa shape index (κ3) is 9.19. The minimum Gasteiger partial charge on any atom is -0.510 e. The average molecular weight is 915 g/mol. The topological polar surface area (TPSA) is 38.9 Å². The molecule has 0 unspecified atom stereocenters. The summed E-state index contributed by atoms with van der Waals surface area (Å²) in [7, 11) is 0. The van der Waals surface area contributed by atoms with Crippen molar-refractivity contribution < 1.29 is 55.5 Å². The van der Waals surface area contributed by atoms with Gasteiger partial charge in [0.05, 0.1) is 5.41 Å². The molecule has 0 aliphatic carbocycles. The molecule has 3 aromatic heterocycles. The number of aryl methyl sites for hydroxylation is 3. The van der Waals surface area contributed by atoms with Gasteiger partial charge in [0.1, 0.15) is 5.58 Å². The van der Waals surface area contributed by atoms with E-state index in [0.717, 1.165) is 22.9 Å². The van der Waals surface area contributed by atoms with Gasteiger partial charge in [0, 0.05) is 35.0 Å². The van der Waals surface area contributed by atoms with E-state index in [2.05, 4.69) is 28.3 Å². The Balaban J connectivity index is 0.000000296. The van der Waals surface area contributed by atoms with Crippen LogP contribution in [0, 0.1) is 49.7 Å². The van der Waals surface area contributed by atoms with Crippen LogP contribution in [-0.2, 0) is 32.9 Å². The van der Waals surface area contributed by atoms with Crippen LogP contribution in [0.25, 0.3) is 55.4 Å². The van der Waals surface area contributed by atoms with Crippen molar-refractivity contribution in [2.75, 3.05) is 0 Å². The molecule has 278 valence electrons. The number of hydrogen-bond acceptors (Lipinski definition) is 3. The Morgan fingerprint density at radius 2 is 1.54 bits per heavy atom. The molecule has 0 atom stereocenters. The monoisotopic (exact) mass is 915 g/mol. The summed E-state index contributed by atoms with van der Waals surface area (Å²) in [4.78, 5) is 8.10. The normalized spacial score (nSPS) is 16.8. The van der Waals surface area contributed by atoms with E-state index in [1.165, 1.54) is 30.5 Å². The average Bonchev–Trinajstić information content (AvgIpc) is 3.61. The second-order valence-electron chi connectivity index (χ2n) is 14.0. The van der Waals surface area contributed by atoms with Crippen LogP contribution in [-0.4, -0.2) is 16.1 Å². The van der Waals surface area contributed by atoms with Crippen LogP contribution in [0.1, 0.15) is 80.4 Å². The van der Waals surface area contributed by atoms with Crippen molar-refractivity contribution in [2.24, 2.45) is 10.8 Å². The Kier molecular flexibility index (Phi) is 7.80. The van der Waals surface area contributed by atoms with Gasteiger partial charge in [0.2, 0.25) is 0 Å². The van der Waals surface area contributed by atoms with E-state index >= 15 is 0 Å². The summed E-state index contributed by atoms with van der Waals surface area (Å²) in [5, 5.41) is 1.63. The van der Waals surface area contributed by atoms with Crippen LogP contribution in [0.3, 0.4) is 0 Å². The maximum Gasteiger partial charge on any atom is 3.00 e. The van der Waals surface area contributed by atoms with Gasteiger partial charge < -0.3 is 14.4 Å². The summed E-state index contributed by atoms with van der Waals surface area (Å²) in [5.41, 5.74) is -1.22. The Morgan fingerprint density at radius 1 is 0.759 bits per heavy atom. The molecule has 3 heterocycles. The SMILES string of the molecule is [2H]C([2H])([2H])c1c[c-]c(-c2[c-]ccc3c2oc2ccccc23)cc1-c1ccc(C([2H])([2H])C(C)(C)C(F)(F)F)cc1C([2H])([2H])[2H].[2H]C([2H])([2H])c1ccc(-c2ccc(C([2H])([2H])C(C)(C)C)cn2)[c-]n1.[Ir+3]. The van der Waals surface area contributed by atoms with E-state index in [1.807, 2.05) is 45.0 Å². The first-order valence-corrected chi connectivity index (χ1v) is 16.6. The zero-order chi connectivity index (χ0) is 49.2. The fourth-order valence-corrected chi connectivity index (χ4v) is 5.60. The van der Waals surface area contributed by atoms with Gasteiger partial charge in [0.25, 0.3) is 0 Å². The second kappa shape index (κ2) is 16.0. The molecule has 3 nitrogen and oxygen atoms in total. The first kappa shape index (κ1) is 26.3. The van der Waals surface area contributed by atoms with Crippen LogP contribution >= 0.6 is 0 Å². The third-order valence-corrected chi connectivity index (χ3v) is 8.30. The molecule has 7 heteroatoms. The fraction of sp³-hybridized carbons (Fsp3) is 0.277. The van der Waals surface area contributed by atoms with Gasteiger partial charge in [-0.25, -0.2) is 5.56 Å². The molecule has 0 aliphatic rings. The number of halogens is 3. The van der Waals surface area contributed by atoms with E-state index in [9.17, 15) is 13.2 Å². The molecule has 7 aromatic rings. The van der Waals surface area contributed by atoms with Crippen molar-refractivity contribution in [1.29, 1.82) is 0 Å². The smallest absolute Gasteiger partial charge is 0.510 e. The van der Waals surface area contributed by atoms with Crippen LogP contribution in [0.15, 0.2) is 102 Å². The van der Waals surface area contributed by atoms with Crippen molar-refractivity contribution >= 4 is 21.9 Å². The van der Waals surface area contributed by atoms with Crippen LogP contribution in [0.4, 0.5) is 13.2 Å². The van der Waals surface area contributed by atoms with Crippen molar-refractivity contribution in [2.45, 2.75) is 74.1 Å². The predicted molar refractivity (Wildman–Crippen MR) is 209 cm³/mol. The molecule has 0 amide bonds. The molecular weight excluding hydrogens is 858 g/mol. The number of hydrogen-bond donors (Lipinski definition) is 0. The Hall–Kier alpha value is -4.58. The number of pyridine rings is 2. The van der Waals surface area contributed by atoms with Gasteiger partial charge in [-0.15, -0.1) is 34.9 Å². The quantitative estimate of drug-likeness (QED) is 0.156. The van der Waals surface area contributed by atoms with Gasteiger partial charge in [-0.3, -0.25) is 0 Å². The summed E-state index contributed by atoms with van der Waals surface area (Å²) >= 11 is 0. The molecule has 0 N–H and O–H groups in total. The molecule has 0 spiro atoms. The molecule has 0 saturated heterocycles. The van der Waals surface area contributed by atoms with E-state index in [-0.39, 0.29) is 42.5 Å². The maximum atomic E-state index is 13.8. The van der Waals surface area contributed by atoms with Crippen molar-refractivity contribution in [3.05, 3.63) is 143 Å². The zero-order valence-electron chi connectivity index (χ0n) is 43.0. The number of alkyl halides is 3. The van der Waals surface area contributed by atoms with Gasteiger partial charge >= 0.3 is 26.3 Å². The minimum atomic E-state index is -4.94.